The minimum Gasteiger partial charge on any atom is -0.490 e. The van der Waals surface area contributed by atoms with E-state index in [4.69, 9.17) is 4.74 Å². The van der Waals surface area contributed by atoms with Crippen LogP contribution in [0, 0.1) is 5.41 Å². The standard InChI is InChI=1S/C25H27N3O3/c1-4-28-21-14-19(12-13-22(21)31-16-25(2,3)23(28)29)27-24(30)26-15-18-10-7-9-17-8-5-6-11-20(17)18/h5-14H,4,15-16H2,1-3H3,(H2,26,27,30). The summed E-state index contributed by atoms with van der Waals surface area (Å²) in [5.74, 6) is 0.647. The number of hydrogen-bond acceptors (Lipinski definition) is 3. The van der Waals surface area contributed by atoms with Crippen LogP contribution in [-0.4, -0.2) is 25.1 Å². The van der Waals surface area contributed by atoms with Crippen molar-refractivity contribution in [2.45, 2.75) is 27.3 Å². The number of anilines is 2. The van der Waals surface area contributed by atoms with Gasteiger partial charge in [-0.15, -0.1) is 0 Å². The van der Waals surface area contributed by atoms with Crippen LogP contribution in [0.15, 0.2) is 60.7 Å². The molecule has 0 aliphatic carbocycles. The average molecular weight is 418 g/mol. The van der Waals surface area contributed by atoms with Gasteiger partial charge in [-0.2, -0.15) is 0 Å². The maximum absolute atomic E-state index is 12.9. The zero-order valence-electron chi connectivity index (χ0n) is 18.1. The first kappa shape index (κ1) is 20.7. The van der Waals surface area contributed by atoms with Gasteiger partial charge in [0.25, 0.3) is 0 Å². The van der Waals surface area contributed by atoms with Crippen molar-refractivity contribution in [3.8, 4) is 5.75 Å². The zero-order valence-corrected chi connectivity index (χ0v) is 18.1. The van der Waals surface area contributed by atoms with E-state index in [1.54, 1.807) is 23.1 Å². The highest BCUT2D eigenvalue weighted by Gasteiger charge is 2.37. The van der Waals surface area contributed by atoms with Gasteiger partial charge in [-0.3, -0.25) is 4.79 Å². The molecule has 0 saturated heterocycles. The maximum Gasteiger partial charge on any atom is 0.319 e. The molecule has 6 heteroatoms. The fraction of sp³-hybridized carbons (Fsp3) is 0.280. The highest BCUT2D eigenvalue weighted by Crippen LogP contribution is 2.38. The molecule has 4 rings (SSSR count). The number of ether oxygens (including phenoxy) is 1. The van der Waals surface area contributed by atoms with Crippen LogP contribution < -0.4 is 20.3 Å². The van der Waals surface area contributed by atoms with Gasteiger partial charge in [-0.25, -0.2) is 4.79 Å². The molecule has 0 saturated carbocycles. The Bertz CT molecular complexity index is 1130. The summed E-state index contributed by atoms with van der Waals surface area (Å²) in [6, 6.07) is 19.2. The van der Waals surface area contributed by atoms with Crippen LogP contribution in [0.4, 0.5) is 16.2 Å². The molecule has 1 aliphatic heterocycles. The number of amides is 3. The van der Waals surface area contributed by atoms with E-state index in [2.05, 4.69) is 28.8 Å². The molecule has 31 heavy (non-hydrogen) atoms. The molecule has 3 aromatic rings. The monoisotopic (exact) mass is 417 g/mol. The Morgan fingerprint density at radius 3 is 2.68 bits per heavy atom. The number of nitrogens with zero attached hydrogens (tertiary/aromatic N) is 1. The second-order valence-electron chi connectivity index (χ2n) is 8.35. The quantitative estimate of drug-likeness (QED) is 0.632. The Balaban J connectivity index is 1.49. The third-order valence-electron chi connectivity index (χ3n) is 5.56. The van der Waals surface area contributed by atoms with Gasteiger partial charge < -0.3 is 20.3 Å². The Kier molecular flexibility index (Phi) is 5.55. The summed E-state index contributed by atoms with van der Waals surface area (Å²) in [5, 5.41) is 8.04. The molecule has 3 aromatic carbocycles. The molecule has 160 valence electrons. The summed E-state index contributed by atoms with van der Waals surface area (Å²) in [6.07, 6.45) is 0. The smallest absolute Gasteiger partial charge is 0.319 e. The highest BCUT2D eigenvalue weighted by molar-refractivity contribution is 6.00. The number of carbonyl (C=O) groups is 2. The predicted octanol–water partition coefficient (Wildman–Crippen LogP) is 4.93. The summed E-state index contributed by atoms with van der Waals surface area (Å²) < 4.78 is 5.88. The number of benzene rings is 3. The van der Waals surface area contributed by atoms with Gasteiger partial charge in [0.2, 0.25) is 5.91 Å². The molecule has 1 heterocycles. The van der Waals surface area contributed by atoms with Gasteiger partial charge in [0.05, 0.1) is 11.1 Å². The van der Waals surface area contributed by atoms with Crippen molar-refractivity contribution in [3.63, 3.8) is 0 Å². The lowest BCUT2D eigenvalue weighted by molar-refractivity contribution is -0.127. The van der Waals surface area contributed by atoms with Gasteiger partial charge in [0.1, 0.15) is 12.4 Å². The second kappa shape index (κ2) is 8.30. The van der Waals surface area contributed by atoms with E-state index in [1.807, 2.05) is 45.0 Å². The molecule has 3 amide bonds. The molecule has 0 fully saturated rings. The minimum atomic E-state index is -0.613. The van der Waals surface area contributed by atoms with Crippen molar-refractivity contribution < 1.29 is 14.3 Å². The number of fused-ring (bicyclic) bond motifs is 2. The van der Waals surface area contributed by atoms with E-state index in [-0.39, 0.29) is 11.9 Å². The molecule has 0 bridgehead atoms. The molecule has 6 nitrogen and oxygen atoms in total. The summed E-state index contributed by atoms with van der Waals surface area (Å²) in [5.41, 5.74) is 1.71. The van der Waals surface area contributed by atoms with E-state index in [9.17, 15) is 9.59 Å². The normalized spacial score (nSPS) is 15.1. The van der Waals surface area contributed by atoms with E-state index >= 15 is 0 Å². The Morgan fingerprint density at radius 2 is 1.87 bits per heavy atom. The van der Waals surface area contributed by atoms with Crippen LogP contribution in [0.1, 0.15) is 26.3 Å². The second-order valence-corrected chi connectivity index (χ2v) is 8.35. The first-order valence-electron chi connectivity index (χ1n) is 10.5. The van der Waals surface area contributed by atoms with Crippen LogP contribution in [0.5, 0.6) is 5.75 Å². The lowest BCUT2D eigenvalue weighted by atomic mass is 9.93. The Morgan fingerprint density at radius 1 is 1.10 bits per heavy atom. The first-order valence-corrected chi connectivity index (χ1v) is 10.5. The van der Waals surface area contributed by atoms with Gasteiger partial charge >= 0.3 is 6.03 Å². The van der Waals surface area contributed by atoms with Crippen LogP contribution in [0.3, 0.4) is 0 Å². The third-order valence-corrected chi connectivity index (χ3v) is 5.56. The number of carbonyl (C=O) groups excluding carboxylic acids is 2. The predicted molar refractivity (Wildman–Crippen MR) is 124 cm³/mol. The number of urea groups is 1. The highest BCUT2D eigenvalue weighted by atomic mass is 16.5. The van der Waals surface area contributed by atoms with E-state index in [0.29, 0.717) is 36.8 Å². The SMILES string of the molecule is CCN1C(=O)C(C)(C)COc2ccc(NC(=O)NCc3cccc4ccccc34)cc21. The van der Waals surface area contributed by atoms with Crippen molar-refractivity contribution in [3.05, 3.63) is 66.2 Å². The van der Waals surface area contributed by atoms with Crippen molar-refractivity contribution in [1.29, 1.82) is 0 Å². The summed E-state index contributed by atoms with van der Waals surface area (Å²) in [4.78, 5) is 27.2. The van der Waals surface area contributed by atoms with Crippen LogP contribution in [0.2, 0.25) is 0 Å². The summed E-state index contributed by atoms with van der Waals surface area (Å²) >= 11 is 0. The van der Waals surface area contributed by atoms with Crippen LogP contribution in [0.25, 0.3) is 10.8 Å². The van der Waals surface area contributed by atoms with E-state index in [1.165, 1.54) is 0 Å². The number of nitrogens with one attached hydrogen (secondary N) is 2. The lowest BCUT2D eigenvalue weighted by Gasteiger charge is -2.27. The summed E-state index contributed by atoms with van der Waals surface area (Å²) in [6.45, 7) is 6.94. The van der Waals surface area contributed by atoms with Crippen LogP contribution in [-0.2, 0) is 11.3 Å². The molecular weight excluding hydrogens is 390 g/mol. The Labute approximate surface area is 182 Å². The fourth-order valence-corrected chi connectivity index (χ4v) is 3.83. The molecule has 0 spiro atoms. The average Bonchev–Trinajstić information content (AvgIpc) is 2.86. The number of rotatable bonds is 4. The van der Waals surface area contributed by atoms with Crippen molar-refractivity contribution in [2.24, 2.45) is 5.41 Å². The molecule has 2 N–H and O–H groups in total. The first-order chi connectivity index (χ1) is 14.9. The van der Waals surface area contributed by atoms with E-state index < -0.39 is 5.41 Å². The van der Waals surface area contributed by atoms with Gasteiger partial charge in [-0.1, -0.05) is 42.5 Å². The topological polar surface area (TPSA) is 70.7 Å². The fourth-order valence-electron chi connectivity index (χ4n) is 3.83. The molecular formula is C25H27N3O3. The van der Waals surface area contributed by atoms with Gasteiger partial charge in [-0.05, 0) is 55.3 Å². The minimum absolute atomic E-state index is 0.00584. The van der Waals surface area contributed by atoms with E-state index in [0.717, 1.165) is 16.3 Å². The maximum atomic E-state index is 12.9. The van der Waals surface area contributed by atoms with Crippen molar-refractivity contribution in [2.75, 3.05) is 23.4 Å². The number of hydrogen-bond donors (Lipinski definition) is 2. The third kappa shape index (κ3) is 4.19. The molecule has 0 radical (unpaired) electrons. The lowest BCUT2D eigenvalue weighted by Crippen LogP contribution is -2.42. The van der Waals surface area contributed by atoms with Gasteiger partial charge in [0.15, 0.2) is 0 Å². The van der Waals surface area contributed by atoms with Crippen molar-refractivity contribution in [1.82, 2.24) is 5.32 Å². The molecule has 1 aliphatic rings. The molecule has 0 atom stereocenters. The summed E-state index contributed by atoms with van der Waals surface area (Å²) in [7, 11) is 0. The molecule has 0 aromatic heterocycles. The molecule has 0 unspecified atom stereocenters. The zero-order chi connectivity index (χ0) is 22.0. The van der Waals surface area contributed by atoms with Gasteiger partial charge in [0, 0.05) is 18.8 Å². The van der Waals surface area contributed by atoms with Crippen molar-refractivity contribution >= 4 is 34.1 Å². The van der Waals surface area contributed by atoms with Crippen LogP contribution >= 0.6 is 0 Å². The Hall–Kier alpha value is -3.54. The largest absolute Gasteiger partial charge is 0.490 e.